The first kappa shape index (κ1) is 15.5. The van der Waals surface area contributed by atoms with Gasteiger partial charge in [0.05, 0.1) is 0 Å². The summed E-state index contributed by atoms with van der Waals surface area (Å²) < 4.78 is 0.987. The molecule has 20 heavy (non-hydrogen) atoms. The molecule has 1 aliphatic heterocycles. The monoisotopic (exact) mass is 339 g/mol. The third kappa shape index (κ3) is 3.22. The Morgan fingerprint density at radius 3 is 2.30 bits per heavy atom. The SMILES string of the molecule is CCN1CCN(C(=O)C(C)(N)c2ccc(Br)cc2)CC1. The van der Waals surface area contributed by atoms with Crippen molar-refractivity contribution >= 4 is 21.8 Å². The lowest BCUT2D eigenvalue weighted by atomic mass is 9.91. The normalized spacial score (nSPS) is 19.7. The van der Waals surface area contributed by atoms with Crippen molar-refractivity contribution in [3.8, 4) is 0 Å². The van der Waals surface area contributed by atoms with E-state index in [1.807, 2.05) is 29.2 Å². The van der Waals surface area contributed by atoms with Crippen LogP contribution in [0, 0.1) is 0 Å². The van der Waals surface area contributed by atoms with Gasteiger partial charge < -0.3 is 15.5 Å². The topological polar surface area (TPSA) is 49.6 Å². The van der Waals surface area contributed by atoms with Crippen LogP contribution < -0.4 is 5.73 Å². The standard InChI is InChI=1S/C15H22BrN3O/c1-3-18-8-10-19(11-9-18)14(20)15(2,17)12-4-6-13(16)7-5-12/h4-7H,3,8-11,17H2,1-2H3. The quantitative estimate of drug-likeness (QED) is 0.913. The van der Waals surface area contributed by atoms with Gasteiger partial charge in [-0.05, 0) is 31.2 Å². The van der Waals surface area contributed by atoms with Crippen molar-refractivity contribution < 1.29 is 4.79 Å². The first-order valence-corrected chi connectivity index (χ1v) is 7.81. The summed E-state index contributed by atoms with van der Waals surface area (Å²) in [5.74, 6) is 0.00979. The Labute approximate surface area is 129 Å². The predicted octanol–water partition coefficient (Wildman–Crippen LogP) is 1.79. The third-order valence-corrected chi connectivity index (χ3v) is 4.52. The molecule has 0 radical (unpaired) electrons. The molecule has 0 bridgehead atoms. The van der Waals surface area contributed by atoms with E-state index >= 15 is 0 Å². The van der Waals surface area contributed by atoms with E-state index in [0.717, 1.165) is 42.8 Å². The highest BCUT2D eigenvalue weighted by molar-refractivity contribution is 9.10. The molecule has 0 saturated carbocycles. The molecule has 2 rings (SSSR count). The molecule has 1 fully saturated rings. The number of benzene rings is 1. The predicted molar refractivity (Wildman–Crippen MR) is 84.4 cm³/mol. The lowest BCUT2D eigenvalue weighted by Crippen LogP contribution is -2.56. The highest BCUT2D eigenvalue weighted by Crippen LogP contribution is 2.23. The van der Waals surface area contributed by atoms with Crippen molar-refractivity contribution in [2.24, 2.45) is 5.73 Å². The summed E-state index contributed by atoms with van der Waals surface area (Å²) in [6, 6.07) is 7.65. The Kier molecular flexibility index (Phi) is 4.83. The molecule has 4 nitrogen and oxygen atoms in total. The highest BCUT2D eigenvalue weighted by atomic mass is 79.9. The maximum Gasteiger partial charge on any atom is 0.247 e. The van der Waals surface area contributed by atoms with Crippen molar-refractivity contribution in [1.29, 1.82) is 0 Å². The second-order valence-corrected chi connectivity index (χ2v) is 6.35. The van der Waals surface area contributed by atoms with E-state index in [4.69, 9.17) is 5.73 Å². The molecule has 0 spiro atoms. The van der Waals surface area contributed by atoms with E-state index in [1.54, 1.807) is 6.92 Å². The molecule has 5 heteroatoms. The van der Waals surface area contributed by atoms with E-state index in [9.17, 15) is 4.79 Å². The molecule has 1 amide bonds. The van der Waals surface area contributed by atoms with E-state index < -0.39 is 5.54 Å². The number of carbonyl (C=O) groups excluding carboxylic acids is 1. The Morgan fingerprint density at radius 2 is 1.80 bits per heavy atom. The maximum atomic E-state index is 12.7. The minimum absolute atomic E-state index is 0.00979. The van der Waals surface area contributed by atoms with E-state index in [1.165, 1.54) is 0 Å². The Morgan fingerprint density at radius 1 is 1.25 bits per heavy atom. The number of rotatable bonds is 3. The summed E-state index contributed by atoms with van der Waals surface area (Å²) in [6.07, 6.45) is 0. The number of likely N-dealkylation sites (N-methyl/N-ethyl adjacent to an activating group) is 1. The Balaban J connectivity index is 2.09. The van der Waals surface area contributed by atoms with Crippen molar-refractivity contribution in [3.05, 3.63) is 34.3 Å². The van der Waals surface area contributed by atoms with Crippen LogP contribution in [0.1, 0.15) is 19.4 Å². The number of nitrogens with zero attached hydrogens (tertiary/aromatic N) is 2. The Bertz CT molecular complexity index is 465. The molecule has 110 valence electrons. The summed E-state index contributed by atoms with van der Waals surface area (Å²) >= 11 is 3.40. The summed E-state index contributed by atoms with van der Waals surface area (Å²) in [5.41, 5.74) is 6.20. The van der Waals surface area contributed by atoms with Crippen LogP contribution in [0.15, 0.2) is 28.7 Å². The molecule has 1 aromatic rings. The second kappa shape index (κ2) is 6.24. The molecule has 1 aliphatic rings. The summed E-state index contributed by atoms with van der Waals surface area (Å²) in [5, 5.41) is 0. The van der Waals surface area contributed by atoms with Gasteiger partial charge in [-0.2, -0.15) is 0 Å². The van der Waals surface area contributed by atoms with Crippen molar-refractivity contribution in [2.75, 3.05) is 32.7 Å². The number of halogens is 1. The molecule has 1 atom stereocenters. The van der Waals surface area contributed by atoms with Crippen molar-refractivity contribution in [3.63, 3.8) is 0 Å². The highest BCUT2D eigenvalue weighted by Gasteiger charge is 2.35. The molecule has 0 aromatic heterocycles. The molecule has 1 saturated heterocycles. The van der Waals surface area contributed by atoms with Gasteiger partial charge in [0.25, 0.3) is 0 Å². The number of carbonyl (C=O) groups is 1. The second-order valence-electron chi connectivity index (χ2n) is 5.44. The summed E-state index contributed by atoms with van der Waals surface area (Å²) in [4.78, 5) is 16.9. The summed E-state index contributed by atoms with van der Waals surface area (Å²) in [7, 11) is 0. The van der Waals surface area contributed by atoms with Crippen LogP contribution in [0.2, 0.25) is 0 Å². The molecule has 1 aromatic carbocycles. The van der Waals surface area contributed by atoms with Crippen LogP contribution in [0.4, 0.5) is 0 Å². The maximum absolute atomic E-state index is 12.7. The van der Waals surface area contributed by atoms with E-state index in [2.05, 4.69) is 27.8 Å². The zero-order valence-electron chi connectivity index (χ0n) is 12.1. The lowest BCUT2D eigenvalue weighted by Gasteiger charge is -2.38. The van der Waals surface area contributed by atoms with Gasteiger partial charge in [0.1, 0.15) is 5.54 Å². The molecule has 1 unspecified atom stereocenters. The average Bonchev–Trinajstić information content (AvgIpc) is 2.47. The third-order valence-electron chi connectivity index (χ3n) is 3.99. The van der Waals surface area contributed by atoms with Crippen LogP contribution in [0.25, 0.3) is 0 Å². The largest absolute Gasteiger partial charge is 0.338 e. The fourth-order valence-corrected chi connectivity index (χ4v) is 2.78. The van der Waals surface area contributed by atoms with Gasteiger partial charge in [-0.1, -0.05) is 35.0 Å². The molecular weight excluding hydrogens is 318 g/mol. The number of piperazine rings is 1. The Hall–Kier alpha value is -0.910. The van der Waals surface area contributed by atoms with Crippen LogP contribution in [-0.2, 0) is 10.3 Å². The number of hydrogen-bond acceptors (Lipinski definition) is 3. The van der Waals surface area contributed by atoms with E-state index in [0.29, 0.717) is 0 Å². The molecule has 0 aliphatic carbocycles. The van der Waals surface area contributed by atoms with Crippen LogP contribution in [-0.4, -0.2) is 48.4 Å². The van der Waals surface area contributed by atoms with E-state index in [-0.39, 0.29) is 5.91 Å². The minimum Gasteiger partial charge on any atom is -0.338 e. The smallest absolute Gasteiger partial charge is 0.247 e. The number of hydrogen-bond donors (Lipinski definition) is 1. The molecular formula is C15H22BrN3O. The van der Waals surface area contributed by atoms with Crippen LogP contribution in [0.5, 0.6) is 0 Å². The van der Waals surface area contributed by atoms with Crippen molar-refractivity contribution in [1.82, 2.24) is 9.80 Å². The molecule has 1 heterocycles. The number of nitrogens with two attached hydrogens (primary N) is 1. The summed E-state index contributed by atoms with van der Waals surface area (Å²) in [6.45, 7) is 8.36. The fraction of sp³-hybridized carbons (Fsp3) is 0.533. The van der Waals surface area contributed by atoms with Crippen molar-refractivity contribution in [2.45, 2.75) is 19.4 Å². The van der Waals surface area contributed by atoms with Gasteiger partial charge in [-0.25, -0.2) is 0 Å². The average molecular weight is 340 g/mol. The van der Waals surface area contributed by atoms with Crippen LogP contribution in [0.3, 0.4) is 0 Å². The fourth-order valence-electron chi connectivity index (χ4n) is 2.52. The lowest BCUT2D eigenvalue weighted by molar-refractivity contribution is -0.138. The molecule has 2 N–H and O–H groups in total. The first-order chi connectivity index (χ1) is 9.45. The van der Waals surface area contributed by atoms with Gasteiger partial charge >= 0.3 is 0 Å². The minimum atomic E-state index is -0.963. The van der Waals surface area contributed by atoms with Gasteiger partial charge in [0.15, 0.2) is 0 Å². The zero-order valence-corrected chi connectivity index (χ0v) is 13.7. The van der Waals surface area contributed by atoms with Crippen LogP contribution >= 0.6 is 15.9 Å². The zero-order chi connectivity index (χ0) is 14.8. The van der Waals surface area contributed by atoms with Gasteiger partial charge in [-0.3, -0.25) is 4.79 Å². The number of amides is 1. The van der Waals surface area contributed by atoms with Gasteiger partial charge in [0, 0.05) is 30.7 Å². The van der Waals surface area contributed by atoms with Gasteiger partial charge in [0.2, 0.25) is 5.91 Å². The first-order valence-electron chi connectivity index (χ1n) is 7.02. The van der Waals surface area contributed by atoms with Gasteiger partial charge in [-0.15, -0.1) is 0 Å².